The number of halogens is 3. The van der Waals surface area contributed by atoms with Crippen molar-refractivity contribution in [2.45, 2.75) is 24.6 Å². The Hall–Kier alpha value is -3.00. The standard InChI is InChI=1S/C21H18F3NO3S/c1-15-11-17(13-18(12-15)28-14-16-7-3-2-4-8-16)25-29(26,27)20-10-6-5-9-19(20)21(22,23)24/h2-13,25H,14H2,1H3. The predicted molar refractivity (Wildman–Crippen MR) is 104 cm³/mol. The van der Waals surface area contributed by atoms with Gasteiger partial charge < -0.3 is 4.74 Å². The Morgan fingerprint density at radius 2 is 1.59 bits per heavy atom. The number of hydrogen-bond acceptors (Lipinski definition) is 3. The van der Waals surface area contributed by atoms with Crippen LogP contribution in [0.15, 0.2) is 77.7 Å². The summed E-state index contributed by atoms with van der Waals surface area (Å²) in [7, 11) is -4.45. The van der Waals surface area contributed by atoms with Crippen molar-refractivity contribution in [1.29, 1.82) is 0 Å². The summed E-state index contributed by atoms with van der Waals surface area (Å²) in [4.78, 5) is -0.833. The minimum atomic E-state index is -4.79. The Balaban J connectivity index is 1.86. The average Bonchev–Trinajstić information content (AvgIpc) is 2.66. The van der Waals surface area contributed by atoms with Crippen LogP contribution in [0.25, 0.3) is 0 Å². The maximum Gasteiger partial charge on any atom is 0.417 e. The second kappa shape index (κ2) is 8.16. The lowest BCUT2D eigenvalue weighted by atomic mass is 10.2. The molecule has 1 N–H and O–H groups in total. The van der Waals surface area contributed by atoms with Gasteiger partial charge in [-0.05, 0) is 42.3 Å². The molecule has 0 aliphatic carbocycles. The highest BCUT2D eigenvalue weighted by Crippen LogP contribution is 2.35. The van der Waals surface area contributed by atoms with Crippen LogP contribution < -0.4 is 9.46 Å². The highest BCUT2D eigenvalue weighted by molar-refractivity contribution is 7.92. The quantitative estimate of drug-likeness (QED) is 0.580. The van der Waals surface area contributed by atoms with E-state index in [-0.39, 0.29) is 12.3 Å². The van der Waals surface area contributed by atoms with Crippen molar-refractivity contribution in [1.82, 2.24) is 0 Å². The molecule has 3 aromatic rings. The Bertz CT molecular complexity index is 1100. The zero-order chi connectivity index (χ0) is 21.1. The van der Waals surface area contributed by atoms with E-state index in [9.17, 15) is 21.6 Å². The van der Waals surface area contributed by atoms with Gasteiger partial charge in [-0.3, -0.25) is 4.72 Å². The first-order valence-electron chi connectivity index (χ1n) is 8.62. The maximum absolute atomic E-state index is 13.2. The highest BCUT2D eigenvalue weighted by atomic mass is 32.2. The van der Waals surface area contributed by atoms with Gasteiger partial charge in [-0.2, -0.15) is 13.2 Å². The van der Waals surface area contributed by atoms with Gasteiger partial charge in [-0.25, -0.2) is 8.42 Å². The number of ether oxygens (including phenoxy) is 1. The van der Waals surface area contributed by atoms with Gasteiger partial charge >= 0.3 is 6.18 Å². The third kappa shape index (κ3) is 5.29. The van der Waals surface area contributed by atoms with Crippen LogP contribution in [0, 0.1) is 6.92 Å². The van der Waals surface area contributed by atoms with Gasteiger partial charge in [0, 0.05) is 6.07 Å². The third-order valence-corrected chi connectivity index (χ3v) is 5.47. The number of benzene rings is 3. The summed E-state index contributed by atoms with van der Waals surface area (Å²) in [6.45, 7) is 2.00. The molecular formula is C21H18F3NO3S. The molecule has 0 atom stereocenters. The summed E-state index contributed by atoms with van der Waals surface area (Å²) < 4.78 is 72.7. The molecule has 0 heterocycles. The smallest absolute Gasteiger partial charge is 0.417 e. The van der Waals surface area contributed by atoms with Crippen LogP contribution in [-0.4, -0.2) is 8.42 Å². The molecule has 0 radical (unpaired) electrons. The highest BCUT2D eigenvalue weighted by Gasteiger charge is 2.36. The molecule has 0 unspecified atom stereocenters. The molecule has 29 heavy (non-hydrogen) atoms. The molecule has 0 aromatic heterocycles. The van der Waals surface area contributed by atoms with Gasteiger partial charge in [0.2, 0.25) is 0 Å². The van der Waals surface area contributed by atoms with Gasteiger partial charge in [0.05, 0.1) is 16.1 Å². The number of nitrogens with one attached hydrogen (secondary N) is 1. The van der Waals surface area contributed by atoms with Gasteiger partial charge in [0.25, 0.3) is 10.0 Å². The number of alkyl halides is 3. The van der Waals surface area contributed by atoms with Crippen molar-refractivity contribution >= 4 is 15.7 Å². The molecule has 3 rings (SSSR count). The minimum absolute atomic E-state index is 0.116. The number of aryl methyl sites for hydroxylation is 1. The average molecular weight is 421 g/mol. The fourth-order valence-corrected chi connectivity index (χ4v) is 4.05. The Morgan fingerprint density at radius 1 is 0.931 bits per heavy atom. The summed E-state index contributed by atoms with van der Waals surface area (Å²) in [5.41, 5.74) is 0.512. The van der Waals surface area contributed by atoms with Crippen molar-refractivity contribution in [2.24, 2.45) is 0 Å². The lowest BCUT2D eigenvalue weighted by Gasteiger charge is -2.15. The molecule has 152 valence electrons. The van der Waals surface area contributed by atoms with E-state index in [1.807, 2.05) is 30.3 Å². The van der Waals surface area contributed by atoms with E-state index in [2.05, 4.69) is 4.72 Å². The topological polar surface area (TPSA) is 55.4 Å². The first-order valence-corrected chi connectivity index (χ1v) is 10.1. The lowest BCUT2D eigenvalue weighted by molar-refractivity contribution is -0.139. The summed E-state index contributed by atoms with van der Waals surface area (Å²) in [5, 5.41) is 0. The van der Waals surface area contributed by atoms with E-state index in [0.29, 0.717) is 11.3 Å². The minimum Gasteiger partial charge on any atom is -0.489 e. The molecule has 0 aliphatic heterocycles. The van der Waals surface area contributed by atoms with E-state index in [4.69, 9.17) is 4.74 Å². The van der Waals surface area contributed by atoms with E-state index in [1.165, 1.54) is 18.2 Å². The third-order valence-electron chi connectivity index (χ3n) is 4.03. The van der Waals surface area contributed by atoms with Crippen LogP contribution in [0.3, 0.4) is 0 Å². The molecule has 3 aromatic carbocycles. The van der Waals surface area contributed by atoms with Crippen LogP contribution >= 0.6 is 0 Å². The Labute approximate surface area is 167 Å². The molecule has 0 spiro atoms. The predicted octanol–water partition coefficient (Wildman–Crippen LogP) is 5.39. The van der Waals surface area contributed by atoms with Crippen LogP contribution in [0.5, 0.6) is 5.75 Å². The molecule has 8 heteroatoms. The first kappa shape index (κ1) is 20.7. The van der Waals surface area contributed by atoms with Gasteiger partial charge in [0.1, 0.15) is 12.4 Å². The van der Waals surface area contributed by atoms with Crippen molar-refractivity contribution < 1.29 is 26.3 Å². The number of anilines is 1. The summed E-state index contributed by atoms with van der Waals surface area (Å²) in [5.74, 6) is 0.399. The van der Waals surface area contributed by atoms with Crippen LogP contribution in [0.1, 0.15) is 16.7 Å². The zero-order valence-electron chi connectivity index (χ0n) is 15.4. The van der Waals surface area contributed by atoms with Crippen molar-refractivity contribution in [2.75, 3.05) is 4.72 Å². The molecular weight excluding hydrogens is 403 g/mol. The van der Waals surface area contributed by atoms with Crippen molar-refractivity contribution in [3.05, 3.63) is 89.5 Å². The van der Waals surface area contributed by atoms with E-state index >= 15 is 0 Å². The summed E-state index contributed by atoms with van der Waals surface area (Å²) >= 11 is 0. The van der Waals surface area contributed by atoms with E-state index in [0.717, 1.165) is 23.8 Å². The zero-order valence-corrected chi connectivity index (χ0v) is 16.2. The maximum atomic E-state index is 13.2. The number of rotatable bonds is 6. The molecule has 0 fully saturated rings. The van der Waals surface area contributed by atoms with Crippen molar-refractivity contribution in [3.63, 3.8) is 0 Å². The van der Waals surface area contributed by atoms with Gasteiger partial charge in [-0.1, -0.05) is 42.5 Å². The number of sulfonamides is 1. The van der Waals surface area contributed by atoms with Crippen LogP contribution in [0.2, 0.25) is 0 Å². The second-order valence-corrected chi connectivity index (χ2v) is 8.06. The first-order chi connectivity index (χ1) is 13.6. The number of hydrogen-bond donors (Lipinski definition) is 1. The van der Waals surface area contributed by atoms with Gasteiger partial charge in [0.15, 0.2) is 0 Å². The van der Waals surface area contributed by atoms with Gasteiger partial charge in [-0.15, -0.1) is 0 Å². The fourth-order valence-electron chi connectivity index (χ4n) is 2.78. The largest absolute Gasteiger partial charge is 0.489 e. The van der Waals surface area contributed by atoms with E-state index < -0.39 is 26.7 Å². The van der Waals surface area contributed by atoms with E-state index in [1.54, 1.807) is 13.0 Å². The molecule has 4 nitrogen and oxygen atoms in total. The summed E-state index contributed by atoms with van der Waals surface area (Å²) in [6.07, 6.45) is -4.79. The normalized spacial score (nSPS) is 11.9. The van der Waals surface area contributed by atoms with Crippen LogP contribution in [0.4, 0.5) is 18.9 Å². The Morgan fingerprint density at radius 3 is 2.28 bits per heavy atom. The Kier molecular flexibility index (Phi) is 5.83. The molecule has 0 saturated heterocycles. The second-order valence-electron chi connectivity index (χ2n) is 6.41. The fraction of sp³-hybridized carbons (Fsp3) is 0.143. The molecule has 0 amide bonds. The van der Waals surface area contributed by atoms with Crippen LogP contribution in [-0.2, 0) is 22.8 Å². The van der Waals surface area contributed by atoms with Crippen molar-refractivity contribution in [3.8, 4) is 5.75 Å². The monoisotopic (exact) mass is 421 g/mol. The molecule has 0 saturated carbocycles. The molecule has 0 aliphatic rings. The summed E-state index contributed by atoms with van der Waals surface area (Å²) in [6, 6.07) is 18.1. The molecule has 0 bridgehead atoms. The SMILES string of the molecule is Cc1cc(NS(=O)(=O)c2ccccc2C(F)(F)F)cc(OCc2ccccc2)c1. The lowest BCUT2D eigenvalue weighted by Crippen LogP contribution is -2.19.